The Morgan fingerprint density at radius 1 is 0.979 bits per heavy atom. The molecule has 2 aliphatic rings. The lowest BCUT2D eigenvalue weighted by Gasteiger charge is -2.38. The number of aliphatic hydroxyl groups excluding tert-OH is 2. The van der Waals surface area contributed by atoms with Gasteiger partial charge in [0.15, 0.2) is 6.10 Å². The first-order chi connectivity index (χ1) is 22.6. The van der Waals surface area contributed by atoms with Gasteiger partial charge in [0, 0.05) is 17.7 Å². The maximum absolute atomic E-state index is 12.6. The second-order valence-electron chi connectivity index (χ2n) is 14.6. The van der Waals surface area contributed by atoms with Gasteiger partial charge in [-0.05, 0) is 81.4 Å². The zero-order valence-electron chi connectivity index (χ0n) is 29.8. The van der Waals surface area contributed by atoms with Gasteiger partial charge in [-0.3, -0.25) is 4.79 Å². The molecule has 2 N–H and O–H groups in total. The van der Waals surface area contributed by atoms with E-state index < -0.39 is 48.6 Å². The van der Waals surface area contributed by atoms with Crippen molar-refractivity contribution in [1.82, 2.24) is 0 Å². The molecule has 2 aliphatic heterocycles. The van der Waals surface area contributed by atoms with E-state index in [0.717, 1.165) is 72.1 Å². The van der Waals surface area contributed by atoms with Crippen molar-refractivity contribution in [2.45, 2.75) is 143 Å². The van der Waals surface area contributed by atoms with Gasteiger partial charge in [-0.2, -0.15) is 0 Å². The number of benzene rings is 1. The lowest BCUT2D eigenvalue weighted by atomic mass is 9.84. The lowest BCUT2D eigenvalue weighted by molar-refractivity contribution is -0.159. The molecule has 3 rings (SSSR count). The highest BCUT2D eigenvalue weighted by atomic mass is 16.6. The van der Waals surface area contributed by atoms with Crippen molar-refractivity contribution in [1.29, 1.82) is 0 Å². The van der Waals surface area contributed by atoms with E-state index in [1.807, 2.05) is 13.8 Å². The number of aryl methyl sites for hydroxylation is 1. The Hall–Kier alpha value is -3.24. The molecule has 0 radical (unpaired) electrons. The van der Waals surface area contributed by atoms with Crippen molar-refractivity contribution in [3.05, 3.63) is 34.9 Å². The van der Waals surface area contributed by atoms with Crippen molar-refractivity contribution in [3.63, 3.8) is 0 Å². The van der Waals surface area contributed by atoms with E-state index in [9.17, 15) is 24.3 Å². The summed E-state index contributed by atoms with van der Waals surface area (Å²) in [6.07, 6.45) is 9.23. The Morgan fingerprint density at radius 3 is 2.21 bits per heavy atom. The highest BCUT2D eigenvalue weighted by Gasteiger charge is 2.49. The minimum atomic E-state index is -1.90. The summed E-state index contributed by atoms with van der Waals surface area (Å²) in [5, 5.41) is 18.6. The van der Waals surface area contributed by atoms with Crippen LogP contribution in [0.2, 0.25) is 0 Å². The molecule has 0 bridgehead atoms. The third-order valence-corrected chi connectivity index (χ3v) is 9.66. The number of hydrogen-bond acceptors (Lipinski definition) is 10. The molecule has 0 saturated carbocycles. The van der Waals surface area contributed by atoms with Crippen LogP contribution in [0.1, 0.15) is 116 Å². The second kappa shape index (κ2) is 18.0. The van der Waals surface area contributed by atoms with Gasteiger partial charge in [0.2, 0.25) is 5.78 Å². The van der Waals surface area contributed by atoms with E-state index in [1.165, 1.54) is 44.9 Å². The van der Waals surface area contributed by atoms with Gasteiger partial charge in [0.05, 0.1) is 6.61 Å². The van der Waals surface area contributed by atoms with Crippen molar-refractivity contribution in [3.8, 4) is 11.5 Å². The molecule has 2 heterocycles. The number of cyclic esters (lactones) is 1. The van der Waals surface area contributed by atoms with Crippen LogP contribution in [0.4, 0.5) is 0 Å². The van der Waals surface area contributed by atoms with Gasteiger partial charge >= 0.3 is 17.9 Å². The van der Waals surface area contributed by atoms with Crippen LogP contribution in [-0.4, -0.2) is 64.4 Å². The monoisotopic (exact) mass is 672 g/mol. The average molecular weight is 673 g/mol. The number of ketones is 1. The Labute approximate surface area is 285 Å². The van der Waals surface area contributed by atoms with Crippen LogP contribution >= 0.6 is 0 Å². The Morgan fingerprint density at radius 2 is 1.58 bits per heavy atom. The molecule has 10 nitrogen and oxygen atoms in total. The van der Waals surface area contributed by atoms with E-state index in [4.69, 9.17) is 19.3 Å². The van der Waals surface area contributed by atoms with E-state index in [0.29, 0.717) is 11.7 Å². The van der Waals surface area contributed by atoms with Crippen molar-refractivity contribution in [2.24, 2.45) is 17.8 Å². The fraction of sp³-hybridized carbons (Fsp3) is 0.684. The Balaban J connectivity index is 1.47. The van der Waals surface area contributed by atoms with Gasteiger partial charge in [-0.25, -0.2) is 14.4 Å². The van der Waals surface area contributed by atoms with Crippen LogP contribution in [0.15, 0.2) is 18.2 Å². The number of Topliss-reactive ketones (excluding diaryl/α,β-unsaturated/α-hetero) is 1. The molecule has 1 saturated heterocycles. The highest BCUT2D eigenvalue weighted by molar-refractivity contribution is 6.11. The molecule has 0 aromatic heterocycles. The minimum Gasteiger partial charge on any atom is -0.487 e. The molecule has 1 fully saturated rings. The van der Waals surface area contributed by atoms with Crippen LogP contribution in [-0.2, 0) is 35.1 Å². The van der Waals surface area contributed by atoms with Crippen LogP contribution in [0.3, 0.4) is 0 Å². The molecule has 6 atom stereocenters. The number of hydrogen-bond donors (Lipinski definition) is 2. The summed E-state index contributed by atoms with van der Waals surface area (Å²) in [7, 11) is 0. The molecule has 6 unspecified atom stereocenters. The predicted octanol–water partition coefficient (Wildman–Crippen LogP) is 6.05. The third kappa shape index (κ3) is 11.2. The minimum absolute atomic E-state index is 0.264. The zero-order chi connectivity index (χ0) is 35.6. The van der Waals surface area contributed by atoms with Gasteiger partial charge in [-0.1, -0.05) is 72.6 Å². The SMILES string of the molecule is Cc1cc(OC(=O)/C=C/C(=O)OC2C(=O)OC(C(O)CO)C2=O)c(C)c2c1OC(C)(CCCC(C)CCCC(C)CCCC(C)C)CC2. The quantitative estimate of drug-likeness (QED) is 0.0818. The smallest absolute Gasteiger partial charge is 0.356 e. The van der Waals surface area contributed by atoms with Crippen LogP contribution in [0, 0.1) is 31.6 Å². The number of esters is 3. The Kier molecular flexibility index (Phi) is 14.7. The van der Waals surface area contributed by atoms with E-state index >= 15 is 0 Å². The molecule has 268 valence electrons. The Bertz CT molecular complexity index is 1320. The summed E-state index contributed by atoms with van der Waals surface area (Å²) < 4.78 is 21.6. The number of carbonyl (C=O) groups is 4. The second-order valence-corrected chi connectivity index (χ2v) is 14.6. The van der Waals surface area contributed by atoms with E-state index in [1.54, 1.807) is 6.07 Å². The summed E-state index contributed by atoms with van der Waals surface area (Å²) in [5.41, 5.74) is 2.36. The molecule has 10 heteroatoms. The van der Waals surface area contributed by atoms with Crippen molar-refractivity contribution >= 4 is 23.7 Å². The number of ether oxygens (including phenoxy) is 4. The maximum Gasteiger partial charge on any atom is 0.356 e. The van der Waals surface area contributed by atoms with Gasteiger partial charge < -0.3 is 29.2 Å². The molecular formula is C38H56O10. The fourth-order valence-corrected chi connectivity index (χ4v) is 6.56. The molecule has 48 heavy (non-hydrogen) atoms. The largest absolute Gasteiger partial charge is 0.487 e. The number of carbonyl (C=O) groups excluding carboxylic acids is 4. The molecule has 1 aromatic carbocycles. The van der Waals surface area contributed by atoms with Gasteiger partial charge in [-0.15, -0.1) is 0 Å². The first-order valence-corrected chi connectivity index (χ1v) is 17.6. The normalized spacial score (nSPS) is 22.6. The number of rotatable bonds is 18. The molecule has 0 spiro atoms. The fourth-order valence-electron chi connectivity index (χ4n) is 6.56. The first kappa shape index (κ1) is 39.2. The molecular weight excluding hydrogens is 616 g/mol. The summed E-state index contributed by atoms with van der Waals surface area (Å²) in [4.78, 5) is 48.9. The van der Waals surface area contributed by atoms with Crippen LogP contribution < -0.4 is 9.47 Å². The number of aliphatic hydroxyl groups is 2. The zero-order valence-corrected chi connectivity index (χ0v) is 29.8. The lowest BCUT2D eigenvalue weighted by Crippen LogP contribution is -2.38. The highest BCUT2D eigenvalue weighted by Crippen LogP contribution is 2.43. The standard InChI is InChI=1S/C38H56O10/c1-23(2)11-8-12-24(3)13-9-14-25(4)15-10-19-38(7)20-18-28-27(6)30(21-26(5)34(28)48-38)45-31(41)16-17-32(42)46-36-33(43)35(29(40)22-39)47-37(36)44/h16-17,21,23-25,29,35-36,39-40H,8-15,18-20,22H2,1-7H3/b17-16+. The summed E-state index contributed by atoms with van der Waals surface area (Å²) in [5.74, 6) is -0.683. The summed E-state index contributed by atoms with van der Waals surface area (Å²) in [6, 6.07) is 1.75. The van der Waals surface area contributed by atoms with E-state index in [-0.39, 0.29) is 5.60 Å². The number of fused-ring (bicyclic) bond motifs is 1. The molecule has 0 amide bonds. The summed E-state index contributed by atoms with van der Waals surface area (Å²) >= 11 is 0. The summed E-state index contributed by atoms with van der Waals surface area (Å²) in [6.45, 7) is 14.5. The first-order valence-electron chi connectivity index (χ1n) is 17.6. The van der Waals surface area contributed by atoms with Crippen LogP contribution in [0.5, 0.6) is 11.5 Å². The predicted molar refractivity (Wildman–Crippen MR) is 181 cm³/mol. The van der Waals surface area contributed by atoms with Gasteiger partial charge in [0.25, 0.3) is 6.10 Å². The van der Waals surface area contributed by atoms with Crippen molar-refractivity contribution in [2.75, 3.05) is 6.61 Å². The van der Waals surface area contributed by atoms with Crippen LogP contribution in [0.25, 0.3) is 0 Å². The maximum atomic E-state index is 12.6. The van der Waals surface area contributed by atoms with Gasteiger partial charge in [0.1, 0.15) is 23.2 Å². The van der Waals surface area contributed by atoms with E-state index in [2.05, 4.69) is 39.4 Å². The molecule has 1 aromatic rings. The average Bonchev–Trinajstić information content (AvgIpc) is 3.30. The third-order valence-electron chi connectivity index (χ3n) is 9.66. The molecule has 0 aliphatic carbocycles. The topological polar surface area (TPSA) is 146 Å². The van der Waals surface area contributed by atoms with Crippen molar-refractivity contribution < 1.29 is 48.3 Å².